The van der Waals surface area contributed by atoms with Crippen LogP contribution in [0.1, 0.15) is 52.0 Å². The molecule has 118 valence electrons. The summed E-state index contributed by atoms with van der Waals surface area (Å²) in [4.78, 5) is 7.18. The molecule has 0 saturated heterocycles. The first-order valence-corrected chi connectivity index (χ1v) is 8.36. The third kappa shape index (κ3) is 4.60. The number of hydrogen-bond acceptors (Lipinski definition) is 4. The smallest absolute Gasteiger partial charge is 0.220 e. The molecule has 0 fully saturated rings. The van der Waals surface area contributed by atoms with E-state index in [1.807, 2.05) is 0 Å². The Morgan fingerprint density at radius 1 is 1.24 bits per heavy atom. The summed E-state index contributed by atoms with van der Waals surface area (Å²) in [7, 11) is 0. The van der Waals surface area contributed by atoms with Crippen molar-refractivity contribution < 1.29 is 4.74 Å². The van der Waals surface area contributed by atoms with Gasteiger partial charge in [0.05, 0.1) is 0 Å². The van der Waals surface area contributed by atoms with Gasteiger partial charge in [0.1, 0.15) is 11.9 Å². The van der Waals surface area contributed by atoms with Crippen LogP contribution in [0.3, 0.4) is 0 Å². The normalized spacial score (nSPS) is 17.8. The SMILES string of the molecule is CCCCCN(CCC)c1ccc2c(n1)OC(C)CNC2. The number of rotatable bonds is 7. The van der Waals surface area contributed by atoms with E-state index in [1.54, 1.807) is 0 Å². The van der Waals surface area contributed by atoms with Gasteiger partial charge in [-0.05, 0) is 31.9 Å². The number of aromatic nitrogens is 1. The van der Waals surface area contributed by atoms with Gasteiger partial charge in [0, 0.05) is 31.7 Å². The molecule has 21 heavy (non-hydrogen) atoms. The van der Waals surface area contributed by atoms with E-state index in [9.17, 15) is 0 Å². The minimum absolute atomic E-state index is 0.175. The molecule has 1 aliphatic heterocycles. The van der Waals surface area contributed by atoms with Crippen molar-refractivity contribution in [3.05, 3.63) is 17.7 Å². The summed E-state index contributed by atoms with van der Waals surface area (Å²) >= 11 is 0. The Bertz CT molecular complexity index is 436. The minimum atomic E-state index is 0.175. The average Bonchev–Trinajstić information content (AvgIpc) is 2.66. The fourth-order valence-electron chi connectivity index (χ4n) is 2.68. The number of fused-ring (bicyclic) bond motifs is 1. The fraction of sp³-hybridized carbons (Fsp3) is 0.706. The van der Waals surface area contributed by atoms with Gasteiger partial charge in [0.2, 0.25) is 5.88 Å². The molecular weight excluding hydrogens is 262 g/mol. The molecule has 0 bridgehead atoms. The lowest BCUT2D eigenvalue weighted by Crippen LogP contribution is -2.27. The maximum absolute atomic E-state index is 5.95. The van der Waals surface area contributed by atoms with Gasteiger partial charge >= 0.3 is 0 Å². The lowest BCUT2D eigenvalue weighted by molar-refractivity contribution is 0.218. The molecule has 0 amide bonds. The second-order valence-electron chi connectivity index (χ2n) is 5.89. The Morgan fingerprint density at radius 3 is 2.86 bits per heavy atom. The highest BCUT2D eigenvalue weighted by atomic mass is 16.5. The Morgan fingerprint density at radius 2 is 2.10 bits per heavy atom. The number of unbranched alkanes of at least 4 members (excludes halogenated alkanes) is 2. The molecule has 1 unspecified atom stereocenters. The number of ether oxygens (including phenoxy) is 1. The summed E-state index contributed by atoms with van der Waals surface area (Å²) in [5.74, 6) is 1.86. The Balaban J connectivity index is 2.13. The van der Waals surface area contributed by atoms with Crippen LogP contribution in [0.25, 0.3) is 0 Å². The number of anilines is 1. The summed E-state index contributed by atoms with van der Waals surface area (Å²) in [6.45, 7) is 10.4. The second-order valence-corrected chi connectivity index (χ2v) is 5.89. The zero-order valence-electron chi connectivity index (χ0n) is 13.7. The van der Waals surface area contributed by atoms with Gasteiger partial charge < -0.3 is 15.0 Å². The molecule has 1 N–H and O–H groups in total. The third-order valence-electron chi connectivity index (χ3n) is 3.83. The largest absolute Gasteiger partial charge is 0.473 e. The van der Waals surface area contributed by atoms with E-state index in [0.717, 1.165) is 49.9 Å². The average molecular weight is 291 g/mol. The van der Waals surface area contributed by atoms with Gasteiger partial charge in [-0.15, -0.1) is 0 Å². The monoisotopic (exact) mass is 291 g/mol. The predicted octanol–water partition coefficient (Wildman–Crippen LogP) is 3.36. The van der Waals surface area contributed by atoms with Crippen molar-refractivity contribution in [3.63, 3.8) is 0 Å². The van der Waals surface area contributed by atoms with Crippen LogP contribution in [0, 0.1) is 0 Å². The van der Waals surface area contributed by atoms with Crippen LogP contribution in [-0.2, 0) is 6.54 Å². The molecule has 0 saturated carbocycles. The van der Waals surface area contributed by atoms with Gasteiger partial charge in [0.25, 0.3) is 0 Å². The van der Waals surface area contributed by atoms with Crippen molar-refractivity contribution in [2.75, 3.05) is 24.5 Å². The van der Waals surface area contributed by atoms with Crippen LogP contribution in [0.5, 0.6) is 5.88 Å². The third-order valence-corrected chi connectivity index (χ3v) is 3.83. The van der Waals surface area contributed by atoms with E-state index < -0.39 is 0 Å². The molecule has 2 heterocycles. The minimum Gasteiger partial charge on any atom is -0.473 e. The van der Waals surface area contributed by atoms with E-state index >= 15 is 0 Å². The van der Waals surface area contributed by atoms with Crippen molar-refractivity contribution in [2.45, 2.75) is 59.1 Å². The number of pyridine rings is 1. The Hall–Kier alpha value is -1.29. The lowest BCUT2D eigenvalue weighted by atomic mass is 10.2. The van der Waals surface area contributed by atoms with Gasteiger partial charge in [-0.1, -0.05) is 26.7 Å². The summed E-state index contributed by atoms with van der Waals surface area (Å²) in [6.07, 6.45) is 5.08. The molecule has 0 radical (unpaired) electrons. The summed E-state index contributed by atoms with van der Waals surface area (Å²) in [5, 5.41) is 3.39. The van der Waals surface area contributed by atoms with E-state index in [2.05, 4.69) is 43.1 Å². The zero-order chi connectivity index (χ0) is 15.1. The van der Waals surface area contributed by atoms with E-state index in [-0.39, 0.29) is 6.10 Å². The Labute approximate surface area is 128 Å². The standard InChI is InChI=1S/C17H29N3O/c1-4-6-7-11-20(10-5-2)16-9-8-15-13-18-12-14(3)21-17(15)19-16/h8-9,14,18H,4-7,10-13H2,1-3H3. The summed E-state index contributed by atoms with van der Waals surface area (Å²) in [5.41, 5.74) is 1.16. The van der Waals surface area contributed by atoms with Crippen LogP contribution in [-0.4, -0.2) is 30.7 Å². The quantitative estimate of drug-likeness (QED) is 0.782. The summed E-state index contributed by atoms with van der Waals surface area (Å²) in [6, 6.07) is 4.30. The van der Waals surface area contributed by atoms with Crippen molar-refractivity contribution in [3.8, 4) is 5.88 Å². The Kier molecular flexibility index (Phi) is 6.30. The fourth-order valence-corrected chi connectivity index (χ4v) is 2.68. The predicted molar refractivity (Wildman–Crippen MR) is 88.1 cm³/mol. The molecule has 1 aromatic heterocycles. The maximum atomic E-state index is 5.95. The zero-order valence-corrected chi connectivity index (χ0v) is 13.7. The second kappa shape index (κ2) is 8.23. The molecule has 1 atom stereocenters. The highest BCUT2D eigenvalue weighted by Gasteiger charge is 2.17. The van der Waals surface area contributed by atoms with Gasteiger partial charge in [0.15, 0.2) is 0 Å². The lowest BCUT2D eigenvalue weighted by Gasteiger charge is -2.24. The van der Waals surface area contributed by atoms with E-state index in [1.165, 1.54) is 19.3 Å². The first-order chi connectivity index (χ1) is 10.2. The highest BCUT2D eigenvalue weighted by Crippen LogP contribution is 2.24. The molecule has 1 aliphatic rings. The molecule has 0 aliphatic carbocycles. The molecule has 4 heteroatoms. The van der Waals surface area contributed by atoms with Gasteiger partial charge in [-0.25, -0.2) is 0 Å². The van der Waals surface area contributed by atoms with Crippen molar-refractivity contribution in [1.29, 1.82) is 0 Å². The molecular formula is C17H29N3O. The maximum Gasteiger partial charge on any atom is 0.220 e. The van der Waals surface area contributed by atoms with Crippen molar-refractivity contribution >= 4 is 5.82 Å². The number of nitrogens with one attached hydrogen (secondary N) is 1. The van der Waals surface area contributed by atoms with Gasteiger partial charge in [-0.3, -0.25) is 0 Å². The molecule has 4 nitrogen and oxygen atoms in total. The van der Waals surface area contributed by atoms with Crippen LogP contribution in [0.4, 0.5) is 5.82 Å². The molecule has 0 aromatic carbocycles. The topological polar surface area (TPSA) is 37.4 Å². The number of nitrogens with zero attached hydrogens (tertiary/aromatic N) is 2. The van der Waals surface area contributed by atoms with Crippen LogP contribution < -0.4 is 15.0 Å². The van der Waals surface area contributed by atoms with Crippen LogP contribution >= 0.6 is 0 Å². The van der Waals surface area contributed by atoms with Crippen LogP contribution in [0.15, 0.2) is 12.1 Å². The first kappa shape index (κ1) is 16.1. The van der Waals surface area contributed by atoms with Crippen molar-refractivity contribution in [2.24, 2.45) is 0 Å². The van der Waals surface area contributed by atoms with E-state index in [0.29, 0.717) is 0 Å². The molecule has 0 spiro atoms. The van der Waals surface area contributed by atoms with E-state index in [4.69, 9.17) is 9.72 Å². The highest BCUT2D eigenvalue weighted by molar-refractivity contribution is 5.44. The van der Waals surface area contributed by atoms with Gasteiger partial charge in [-0.2, -0.15) is 4.98 Å². The molecule has 2 rings (SSSR count). The van der Waals surface area contributed by atoms with Crippen molar-refractivity contribution in [1.82, 2.24) is 10.3 Å². The van der Waals surface area contributed by atoms with Crippen LogP contribution in [0.2, 0.25) is 0 Å². The number of hydrogen-bond donors (Lipinski definition) is 1. The summed E-state index contributed by atoms with van der Waals surface area (Å²) < 4.78 is 5.95. The molecule has 1 aromatic rings. The first-order valence-electron chi connectivity index (χ1n) is 8.36.